The Morgan fingerprint density at radius 1 is 1.24 bits per heavy atom. The van der Waals surface area contributed by atoms with Crippen LogP contribution in [0.1, 0.15) is 41.9 Å². The second-order valence-electron chi connectivity index (χ2n) is 7.22. The van der Waals surface area contributed by atoms with E-state index in [4.69, 9.17) is 0 Å². The number of halogens is 1. The summed E-state index contributed by atoms with van der Waals surface area (Å²) in [7, 11) is 0. The van der Waals surface area contributed by atoms with Crippen molar-refractivity contribution in [2.24, 2.45) is 0 Å². The number of likely N-dealkylation sites (tertiary alicyclic amines) is 1. The lowest BCUT2D eigenvalue weighted by atomic mass is 9.98. The quantitative estimate of drug-likeness (QED) is 0.908. The van der Waals surface area contributed by atoms with Crippen LogP contribution in [0.3, 0.4) is 0 Å². The Labute approximate surface area is 146 Å². The minimum Gasteiger partial charge on any atom is -0.352 e. The lowest BCUT2D eigenvalue weighted by Gasteiger charge is -2.44. The van der Waals surface area contributed by atoms with Crippen LogP contribution in [0.25, 0.3) is 0 Å². The van der Waals surface area contributed by atoms with Gasteiger partial charge in [-0.3, -0.25) is 14.4 Å². The molecule has 0 bridgehead atoms. The number of nitrogens with one attached hydrogen (secondary N) is 1. The summed E-state index contributed by atoms with van der Waals surface area (Å²) in [4.78, 5) is 14.9. The third kappa shape index (κ3) is 3.31. The summed E-state index contributed by atoms with van der Waals surface area (Å²) in [5.74, 6) is -0.268. The lowest BCUT2D eigenvalue weighted by molar-refractivity contribution is -0.129. The minimum absolute atomic E-state index is 0.0147. The van der Waals surface area contributed by atoms with Gasteiger partial charge in [-0.15, -0.1) is 0 Å². The Bertz CT molecular complexity index is 775. The molecule has 2 fully saturated rings. The molecule has 0 spiro atoms. The fraction of sp³-hybridized carbons (Fsp3) is 0.474. The number of aromatic nitrogens is 2. The van der Waals surface area contributed by atoms with Crippen molar-refractivity contribution < 1.29 is 9.18 Å². The fourth-order valence-corrected chi connectivity index (χ4v) is 3.55. The molecule has 1 aliphatic carbocycles. The van der Waals surface area contributed by atoms with Crippen LogP contribution in [-0.4, -0.2) is 39.7 Å². The standard InChI is InChI=1S/C19H23FN4O/c1-12-9-13(2)24(22-12)17-10-23(11-17)18(19(25)21-16-7-8-16)14-3-5-15(20)6-4-14/h3-6,9,16-18H,7-8,10-11H2,1-2H3,(H,21,25). The Morgan fingerprint density at radius 2 is 1.92 bits per heavy atom. The highest BCUT2D eigenvalue weighted by atomic mass is 19.1. The van der Waals surface area contributed by atoms with E-state index in [9.17, 15) is 9.18 Å². The van der Waals surface area contributed by atoms with Crippen LogP contribution < -0.4 is 5.32 Å². The normalized spacial score (nSPS) is 19.5. The second-order valence-corrected chi connectivity index (χ2v) is 7.22. The Balaban J connectivity index is 1.51. The van der Waals surface area contributed by atoms with E-state index in [0.717, 1.165) is 42.9 Å². The molecule has 132 valence electrons. The molecule has 25 heavy (non-hydrogen) atoms. The first-order valence-electron chi connectivity index (χ1n) is 8.84. The first kappa shape index (κ1) is 16.3. The van der Waals surface area contributed by atoms with E-state index in [1.165, 1.54) is 12.1 Å². The minimum atomic E-state index is -0.366. The van der Waals surface area contributed by atoms with Crippen LogP contribution in [0.15, 0.2) is 30.3 Å². The SMILES string of the molecule is Cc1cc(C)n(C2CN(C(C(=O)NC3CC3)c3ccc(F)cc3)C2)n1. The summed E-state index contributed by atoms with van der Waals surface area (Å²) >= 11 is 0. The summed E-state index contributed by atoms with van der Waals surface area (Å²) in [5.41, 5.74) is 2.99. The van der Waals surface area contributed by atoms with Gasteiger partial charge in [0, 0.05) is 24.8 Å². The Morgan fingerprint density at radius 3 is 2.48 bits per heavy atom. The topological polar surface area (TPSA) is 50.2 Å². The predicted octanol–water partition coefficient (Wildman–Crippen LogP) is 2.52. The van der Waals surface area contributed by atoms with Crippen molar-refractivity contribution in [1.29, 1.82) is 0 Å². The van der Waals surface area contributed by atoms with Crippen LogP contribution >= 0.6 is 0 Å². The zero-order valence-electron chi connectivity index (χ0n) is 14.6. The average Bonchev–Trinajstić information content (AvgIpc) is 3.27. The van der Waals surface area contributed by atoms with E-state index >= 15 is 0 Å². The van der Waals surface area contributed by atoms with Crippen molar-refractivity contribution >= 4 is 5.91 Å². The number of benzene rings is 1. The van der Waals surface area contributed by atoms with E-state index < -0.39 is 0 Å². The third-order valence-electron chi connectivity index (χ3n) is 5.00. The average molecular weight is 342 g/mol. The van der Waals surface area contributed by atoms with Crippen molar-refractivity contribution in [1.82, 2.24) is 20.0 Å². The lowest BCUT2D eigenvalue weighted by Crippen LogP contribution is -2.53. The number of carbonyl (C=O) groups excluding carboxylic acids is 1. The number of aryl methyl sites for hydroxylation is 2. The molecule has 6 heteroatoms. The van der Waals surface area contributed by atoms with Gasteiger partial charge in [0.1, 0.15) is 11.9 Å². The van der Waals surface area contributed by atoms with Gasteiger partial charge in [-0.1, -0.05) is 12.1 Å². The Kier molecular flexibility index (Phi) is 4.07. The van der Waals surface area contributed by atoms with Crippen LogP contribution in [-0.2, 0) is 4.79 Å². The number of amides is 1. The van der Waals surface area contributed by atoms with E-state index in [1.807, 2.05) is 11.6 Å². The molecule has 1 saturated heterocycles. The number of carbonyl (C=O) groups is 1. The third-order valence-corrected chi connectivity index (χ3v) is 5.00. The van der Waals surface area contributed by atoms with Gasteiger partial charge in [-0.25, -0.2) is 4.39 Å². The molecular formula is C19H23FN4O. The molecular weight excluding hydrogens is 319 g/mol. The van der Waals surface area contributed by atoms with Gasteiger partial charge in [-0.2, -0.15) is 5.10 Å². The molecule has 2 aliphatic rings. The highest BCUT2D eigenvalue weighted by Crippen LogP contribution is 2.33. The van der Waals surface area contributed by atoms with Crippen LogP contribution in [0.2, 0.25) is 0 Å². The maximum absolute atomic E-state index is 13.3. The molecule has 2 aromatic rings. The van der Waals surface area contributed by atoms with Gasteiger partial charge < -0.3 is 5.32 Å². The summed E-state index contributed by atoms with van der Waals surface area (Å²) in [5, 5.41) is 7.64. The smallest absolute Gasteiger partial charge is 0.242 e. The maximum atomic E-state index is 13.3. The van der Waals surface area contributed by atoms with Crippen molar-refractivity contribution in [3.63, 3.8) is 0 Å². The highest BCUT2D eigenvalue weighted by Gasteiger charge is 2.40. The fourth-order valence-electron chi connectivity index (χ4n) is 3.55. The number of rotatable bonds is 5. The molecule has 1 unspecified atom stereocenters. The molecule has 2 heterocycles. The van der Waals surface area contributed by atoms with Crippen LogP contribution in [0, 0.1) is 19.7 Å². The van der Waals surface area contributed by atoms with Gasteiger partial charge in [0.05, 0.1) is 11.7 Å². The zero-order valence-corrected chi connectivity index (χ0v) is 14.6. The summed E-state index contributed by atoms with van der Waals surface area (Å²) in [6.45, 7) is 5.58. The molecule has 1 N–H and O–H groups in total. The second kappa shape index (κ2) is 6.26. The largest absolute Gasteiger partial charge is 0.352 e. The van der Waals surface area contributed by atoms with Gasteiger partial charge >= 0.3 is 0 Å². The van der Waals surface area contributed by atoms with Gasteiger partial charge in [-0.05, 0) is 50.5 Å². The van der Waals surface area contributed by atoms with Gasteiger partial charge in [0.15, 0.2) is 0 Å². The van der Waals surface area contributed by atoms with E-state index in [-0.39, 0.29) is 23.8 Å². The van der Waals surface area contributed by atoms with E-state index in [1.54, 1.807) is 12.1 Å². The van der Waals surface area contributed by atoms with Crippen molar-refractivity contribution in [3.05, 3.63) is 53.1 Å². The zero-order chi connectivity index (χ0) is 17.6. The molecule has 5 nitrogen and oxygen atoms in total. The molecule has 1 saturated carbocycles. The van der Waals surface area contributed by atoms with E-state index in [2.05, 4.69) is 28.3 Å². The van der Waals surface area contributed by atoms with Gasteiger partial charge in [0.2, 0.25) is 5.91 Å². The number of hydrogen-bond acceptors (Lipinski definition) is 3. The Hall–Kier alpha value is -2.21. The van der Waals surface area contributed by atoms with Crippen LogP contribution in [0.4, 0.5) is 4.39 Å². The first-order chi connectivity index (χ1) is 12.0. The molecule has 1 aromatic heterocycles. The molecule has 1 atom stereocenters. The summed E-state index contributed by atoms with van der Waals surface area (Å²) in [6.07, 6.45) is 2.10. The highest BCUT2D eigenvalue weighted by molar-refractivity contribution is 5.83. The van der Waals surface area contributed by atoms with Crippen molar-refractivity contribution in [2.75, 3.05) is 13.1 Å². The molecule has 1 aliphatic heterocycles. The van der Waals surface area contributed by atoms with Crippen molar-refractivity contribution in [2.45, 2.75) is 44.8 Å². The van der Waals surface area contributed by atoms with Crippen LogP contribution in [0.5, 0.6) is 0 Å². The summed E-state index contributed by atoms with van der Waals surface area (Å²) < 4.78 is 15.3. The van der Waals surface area contributed by atoms with Gasteiger partial charge in [0.25, 0.3) is 0 Å². The number of nitrogens with zero attached hydrogens (tertiary/aromatic N) is 3. The van der Waals surface area contributed by atoms with E-state index in [0.29, 0.717) is 6.04 Å². The monoisotopic (exact) mass is 342 g/mol. The number of hydrogen-bond donors (Lipinski definition) is 1. The van der Waals surface area contributed by atoms with Crippen molar-refractivity contribution in [3.8, 4) is 0 Å². The first-order valence-corrected chi connectivity index (χ1v) is 8.84. The molecule has 0 radical (unpaired) electrons. The molecule has 1 aromatic carbocycles. The molecule has 4 rings (SSSR count). The maximum Gasteiger partial charge on any atom is 0.242 e. The summed E-state index contributed by atoms with van der Waals surface area (Å²) in [6, 6.07) is 8.56. The predicted molar refractivity (Wildman–Crippen MR) is 92.6 cm³/mol. The molecule has 1 amide bonds.